The second-order valence-corrected chi connectivity index (χ2v) is 5.36. The Bertz CT molecular complexity index is 548. The molecular formula is C15H17NO2. The third-order valence-electron chi connectivity index (χ3n) is 4.08. The van der Waals surface area contributed by atoms with Gasteiger partial charge in [0.05, 0.1) is 0 Å². The molecule has 2 N–H and O–H groups in total. The molecule has 3 heteroatoms. The highest BCUT2D eigenvalue weighted by atomic mass is 16.4. The molecule has 0 saturated heterocycles. The maximum absolute atomic E-state index is 11.4. The Hall–Kier alpha value is -1.77. The zero-order valence-corrected chi connectivity index (χ0v) is 10.6. The van der Waals surface area contributed by atoms with Crippen LogP contribution in [0.1, 0.15) is 29.0 Å². The molecule has 1 aromatic carbocycles. The maximum Gasteiger partial charge on any atom is 0.326 e. The monoisotopic (exact) mass is 243 g/mol. The molecule has 94 valence electrons. The zero-order chi connectivity index (χ0) is 12.9. The largest absolute Gasteiger partial charge is 0.480 e. The first-order chi connectivity index (χ1) is 8.58. The van der Waals surface area contributed by atoms with Crippen molar-refractivity contribution in [3.05, 3.63) is 41.0 Å². The number of fused-ring (bicyclic) bond motifs is 3. The molecule has 1 aromatic rings. The van der Waals surface area contributed by atoms with Crippen molar-refractivity contribution in [1.29, 1.82) is 0 Å². The van der Waals surface area contributed by atoms with Crippen LogP contribution in [0, 0.1) is 19.8 Å². The minimum absolute atomic E-state index is 0.149. The minimum atomic E-state index is -0.751. The Kier molecular flexibility index (Phi) is 2.44. The lowest BCUT2D eigenvalue weighted by molar-refractivity contribution is -0.139. The van der Waals surface area contributed by atoms with Crippen LogP contribution in [0.3, 0.4) is 0 Å². The number of hydrogen-bond acceptors (Lipinski definition) is 2. The molecule has 0 unspecified atom stereocenters. The van der Waals surface area contributed by atoms with Gasteiger partial charge in [0.2, 0.25) is 0 Å². The SMILES string of the molecule is Cc1cc(C)c2c(c1)[C@@H]1C=CC[C@H]1[C@H](C(=O)O)N2. The van der Waals surface area contributed by atoms with Crippen molar-refractivity contribution in [2.45, 2.75) is 32.2 Å². The van der Waals surface area contributed by atoms with Gasteiger partial charge in [0.25, 0.3) is 0 Å². The molecule has 0 amide bonds. The number of allylic oxidation sites excluding steroid dienone is 2. The Balaban J connectivity index is 2.14. The van der Waals surface area contributed by atoms with E-state index in [1.54, 1.807) is 0 Å². The molecule has 0 spiro atoms. The third kappa shape index (κ3) is 1.54. The van der Waals surface area contributed by atoms with Crippen molar-refractivity contribution in [3.63, 3.8) is 0 Å². The normalized spacial score (nSPS) is 28.4. The number of anilines is 1. The summed E-state index contributed by atoms with van der Waals surface area (Å²) in [5.74, 6) is -0.350. The minimum Gasteiger partial charge on any atom is -0.480 e. The van der Waals surface area contributed by atoms with E-state index < -0.39 is 12.0 Å². The first-order valence-electron chi connectivity index (χ1n) is 6.35. The quantitative estimate of drug-likeness (QED) is 0.746. The van der Waals surface area contributed by atoms with Crippen LogP contribution < -0.4 is 5.32 Å². The van der Waals surface area contributed by atoms with Crippen molar-refractivity contribution in [2.24, 2.45) is 5.92 Å². The van der Waals surface area contributed by atoms with Gasteiger partial charge >= 0.3 is 5.97 Å². The van der Waals surface area contributed by atoms with Gasteiger partial charge in [0.1, 0.15) is 6.04 Å². The van der Waals surface area contributed by atoms with E-state index in [1.165, 1.54) is 11.1 Å². The highest BCUT2D eigenvalue weighted by Gasteiger charge is 2.41. The zero-order valence-electron chi connectivity index (χ0n) is 10.6. The summed E-state index contributed by atoms with van der Waals surface area (Å²) in [5, 5.41) is 12.6. The number of carboxylic acids is 1. The lowest BCUT2D eigenvalue weighted by Gasteiger charge is -2.35. The molecule has 2 aliphatic rings. The van der Waals surface area contributed by atoms with E-state index in [1.807, 2.05) is 6.92 Å². The van der Waals surface area contributed by atoms with Gasteiger partial charge in [-0.25, -0.2) is 4.79 Å². The van der Waals surface area contributed by atoms with Gasteiger partial charge in [-0.05, 0) is 31.4 Å². The predicted molar refractivity (Wildman–Crippen MR) is 71.0 cm³/mol. The average Bonchev–Trinajstić information content (AvgIpc) is 2.76. The summed E-state index contributed by atoms with van der Waals surface area (Å²) in [7, 11) is 0. The summed E-state index contributed by atoms with van der Waals surface area (Å²) in [6.07, 6.45) is 5.12. The number of carboxylic acid groups (broad SMARTS) is 1. The molecule has 0 aromatic heterocycles. The maximum atomic E-state index is 11.4. The van der Waals surface area contributed by atoms with E-state index in [9.17, 15) is 9.90 Å². The van der Waals surface area contributed by atoms with Gasteiger partial charge < -0.3 is 10.4 Å². The van der Waals surface area contributed by atoms with Crippen LogP contribution in [0.25, 0.3) is 0 Å². The van der Waals surface area contributed by atoms with Crippen LogP contribution in [0.15, 0.2) is 24.3 Å². The van der Waals surface area contributed by atoms with E-state index in [4.69, 9.17) is 0 Å². The van der Waals surface area contributed by atoms with Gasteiger partial charge in [-0.15, -0.1) is 0 Å². The van der Waals surface area contributed by atoms with Gasteiger partial charge in [-0.2, -0.15) is 0 Å². The first kappa shape index (κ1) is 11.3. The second kappa shape index (κ2) is 3.87. The number of benzene rings is 1. The molecule has 3 rings (SSSR count). The summed E-state index contributed by atoms with van der Waals surface area (Å²) in [5.41, 5.74) is 4.64. The molecule has 0 saturated carbocycles. The molecule has 1 heterocycles. The van der Waals surface area contributed by atoms with E-state index in [-0.39, 0.29) is 11.8 Å². The third-order valence-corrected chi connectivity index (χ3v) is 4.08. The molecule has 3 nitrogen and oxygen atoms in total. The molecule has 1 aliphatic carbocycles. The highest BCUT2D eigenvalue weighted by Crippen LogP contribution is 2.45. The van der Waals surface area contributed by atoms with Crippen molar-refractivity contribution in [3.8, 4) is 0 Å². The number of aliphatic carboxylic acids is 1. The molecule has 1 aliphatic heterocycles. The fourth-order valence-electron chi connectivity index (χ4n) is 3.32. The fraction of sp³-hybridized carbons (Fsp3) is 0.400. The lowest BCUT2D eigenvalue weighted by atomic mass is 9.78. The van der Waals surface area contributed by atoms with Crippen LogP contribution in [-0.4, -0.2) is 17.1 Å². The van der Waals surface area contributed by atoms with Crippen LogP contribution in [0.2, 0.25) is 0 Å². The summed E-state index contributed by atoms with van der Waals surface area (Å²) < 4.78 is 0. The van der Waals surface area contributed by atoms with Crippen molar-refractivity contribution >= 4 is 11.7 Å². The number of hydrogen-bond donors (Lipinski definition) is 2. The van der Waals surface area contributed by atoms with Gasteiger partial charge in [-0.1, -0.05) is 29.8 Å². The Morgan fingerprint density at radius 1 is 1.39 bits per heavy atom. The lowest BCUT2D eigenvalue weighted by Crippen LogP contribution is -2.42. The van der Waals surface area contributed by atoms with Crippen molar-refractivity contribution < 1.29 is 9.90 Å². The summed E-state index contributed by atoms with van der Waals surface area (Å²) in [4.78, 5) is 11.4. The highest BCUT2D eigenvalue weighted by molar-refractivity contribution is 5.81. The number of nitrogens with one attached hydrogen (secondary N) is 1. The second-order valence-electron chi connectivity index (χ2n) is 5.36. The van der Waals surface area contributed by atoms with Gasteiger partial charge in [0.15, 0.2) is 0 Å². The Labute approximate surface area is 107 Å². The van der Waals surface area contributed by atoms with Crippen molar-refractivity contribution in [1.82, 2.24) is 0 Å². The standard InChI is InChI=1S/C15H17NO2/c1-8-6-9(2)13-12(7-8)10-4-3-5-11(10)14(16-13)15(17)18/h3-4,6-7,10-11,14,16H,5H2,1-2H3,(H,17,18)/t10-,11-,14-/m1/s1. The predicted octanol–water partition coefficient (Wildman–Crippen LogP) is 2.84. The van der Waals surface area contributed by atoms with Crippen molar-refractivity contribution in [2.75, 3.05) is 5.32 Å². The number of carbonyl (C=O) groups is 1. The summed E-state index contributed by atoms with van der Waals surface area (Å²) >= 11 is 0. The van der Waals surface area contributed by atoms with E-state index in [2.05, 4.69) is 36.5 Å². The van der Waals surface area contributed by atoms with Crippen LogP contribution in [0.5, 0.6) is 0 Å². The average molecular weight is 243 g/mol. The molecule has 0 fully saturated rings. The van der Waals surface area contributed by atoms with E-state index in [0.29, 0.717) is 0 Å². The Morgan fingerprint density at radius 2 is 2.17 bits per heavy atom. The number of rotatable bonds is 1. The van der Waals surface area contributed by atoms with Crippen LogP contribution in [-0.2, 0) is 4.79 Å². The first-order valence-corrected chi connectivity index (χ1v) is 6.35. The fourth-order valence-corrected chi connectivity index (χ4v) is 3.32. The Morgan fingerprint density at radius 3 is 2.89 bits per heavy atom. The summed E-state index contributed by atoms with van der Waals surface area (Å²) in [6.45, 7) is 4.13. The molecular weight excluding hydrogens is 226 g/mol. The van der Waals surface area contributed by atoms with E-state index in [0.717, 1.165) is 17.7 Å². The molecule has 0 radical (unpaired) electrons. The topological polar surface area (TPSA) is 49.3 Å². The van der Waals surface area contributed by atoms with Crippen LogP contribution in [0.4, 0.5) is 5.69 Å². The van der Waals surface area contributed by atoms with Crippen LogP contribution >= 0.6 is 0 Å². The molecule has 0 bridgehead atoms. The van der Waals surface area contributed by atoms with E-state index >= 15 is 0 Å². The van der Waals surface area contributed by atoms with Gasteiger partial charge in [0, 0.05) is 17.5 Å². The van der Waals surface area contributed by atoms with Gasteiger partial charge in [-0.3, -0.25) is 0 Å². The molecule has 3 atom stereocenters. The molecule has 18 heavy (non-hydrogen) atoms. The number of aryl methyl sites for hydroxylation is 2. The summed E-state index contributed by atoms with van der Waals surface area (Å²) in [6, 6.07) is 3.81. The smallest absolute Gasteiger partial charge is 0.326 e.